The second-order valence-corrected chi connectivity index (χ2v) is 4.91. The van der Waals surface area contributed by atoms with Crippen LogP contribution in [-0.2, 0) is 22.7 Å². The average Bonchev–Trinajstić information content (AvgIpc) is 2.77. The minimum Gasteiger partial charge on any atom is -0.457 e. The Morgan fingerprint density at radius 3 is 3.00 bits per heavy atom. The number of pyridine rings is 1. The van der Waals surface area contributed by atoms with Gasteiger partial charge in [0.05, 0.1) is 0 Å². The van der Waals surface area contributed by atoms with E-state index in [0.29, 0.717) is 5.69 Å². The zero-order valence-electron chi connectivity index (χ0n) is 10.3. The third-order valence-electron chi connectivity index (χ3n) is 2.33. The van der Waals surface area contributed by atoms with Crippen molar-refractivity contribution in [3.8, 4) is 0 Å². The molecule has 0 fully saturated rings. The number of ether oxygens (including phenoxy) is 1. The Morgan fingerprint density at radius 2 is 2.32 bits per heavy atom. The molecule has 0 aliphatic heterocycles. The fourth-order valence-corrected chi connectivity index (χ4v) is 2.15. The molecule has 100 valence electrons. The number of nitrogens with zero attached hydrogens (tertiary/aromatic N) is 2. The number of rotatable bonds is 4. The van der Waals surface area contributed by atoms with Crippen LogP contribution >= 0.6 is 11.3 Å². The van der Waals surface area contributed by atoms with E-state index in [-0.39, 0.29) is 18.7 Å². The fraction of sp³-hybridized carbons (Fsp3) is 0.250. The summed E-state index contributed by atoms with van der Waals surface area (Å²) in [6, 6.07) is 2.80. The predicted molar refractivity (Wildman–Crippen MR) is 71.8 cm³/mol. The Kier molecular flexibility index (Phi) is 3.96. The molecule has 0 spiro atoms. The van der Waals surface area contributed by atoms with Crippen molar-refractivity contribution in [1.29, 1.82) is 0 Å². The van der Waals surface area contributed by atoms with Gasteiger partial charge in [-0.3, -0.25) is 9.59 Å². The normalized spacial score (nSPS) is 10.4. The van der Waals surface area contributed by atoms with E-state index in [4.69, 9.17) is 10.5 Å². The Balaban J connectivity index is 1.94. The van der Waals surface area contributed by atoms with E-state index in [9.17, 15) is 9.59 Å². The molecule has 0 aliphatic rings. The number of nitrogens with two attached hydrogens (primary N) is 1. The summed E-state index contributed by atoms with van der Waals surface area (Å²) in [7, 11) is 0. The minimum absolute atomic E-state index is 0.119. The molecule has 0 unspecified atom stereocenters. The summed E-state index contributed by atoms with van der Waals surface area (Å²) in [5.41, 5.74) is 6.57. The summed E-state index contributed by atoms with van der Waals surface area (Å²) >= 11 is 1.43. The van der Waals surface area contributed by atoms with E-state index < -0.39 is 5.97 Å². The Bertz CT molecular complexity index is 648. The molecule has 2 aromatic rings. The number of aromatic nitrogens is 2. The third kappa shape index (κ3) is 3.65. The molecule has 0 saturated carbocycles. The quantitative estimate of drug-likeness (QED) is 0.841. The number of carbonyl (C=O) groups excluding carboxylic acids is 1. The van der Waals surface area contributed by atoms with E-state index in [1.165, 1.54) is 34.2 Å². The number of carbonyl (C=O) groups is 1. The lowest BCUT2D eigenvalue weighted by Crippen LogP contribution is -2.24. The highest BCUT2D eigenvalue weighted by atomic mass is 32.1. The van der Waals surface area contributed by atoms with Crippen LogP contribution in [0.25, 0.3) is 0 Å². The van der Waals surface area contributed by atoms with Crippen LogP contribution in [0, 0.1) is 6.92 Å². The molecular formula is C12H13N3O3S. The van der Waals surface area contributed by atoms with Crippen LogP contribution in [0.4, 0.5) is 5.69 Å². The Hall–Kier alpha value is -2.15. The summed E-state index contributed by atoms with van der Waals surface area (Å²) in [6.07, 6.45) is 1.41. The van der Waals surface area contributed by atoms with Crippen molar-refractivity contribution in [1.82, 2.24) is 9.55 Å². The van der Waals surface area contributed by atoms with Gasteiger partial charge in [-0.25, -0.2) is 4.98 Å². The van der Waals surface area contributed by atoms with Gasteiger partial charge in [-0.1, -0.05) is 0 Å². The maximum Gasteiger partial charge on any atom is 0.326 e. The van der Waals surface area contributed by atoms with Crippen LogP contribution in [0.15, 0.2) is 28.5 Å². The number of anilines is 1. The molecule has 0 bridgehead atoms. The first-order valence-electron chi connectivity index (χ1n) is 5.57. The Labute approximate surface area is 113 Å². The molecule has 2 aromatic heterocycles. The van der Waals surface area contributed by atoms with Gasteiger partial charge in [0.2, 0.25) is 0 Å². The van der Waals surface area contributed by atoms with Crippen molar-refractivity contribution in [2.45, 2.75) is 20.1 Å². The van der Waals surface area contributed by atoms with Gasteiger partial charge in [-0.15, -0.1) is 11.3 Å². The van der Waals surface area contributed by atoms with E-state index >= 15 is 0 Å². The molecule has 2 N–H and O–H groups in total. The van der Waals surface area contributed by atoms with Gasteiger partial charge in [0.15, 0.2) is 0 Å². The minimum atomic E-state index is -0.499. The summed E-state index contributed by atoms with van der Waals surface area (Å²) in [6.45, 7) is 1.83. The van der Waals surface area contributed by atoms with E-state index in [2.05, 4.69) is 4.98 Å². The maximum absolute atomic E-state index is 11.6. The van der Waals surface area contributed by atoms with Crippen LogP contribution < -0.4 is 11.3 Å². The molecule has 0 aliphatic carbocycles. The molecule has 0 saturated heterocycles. The smallest absolute Gasteiger partial charge is 0.326 e. The summed E-state index contributed by atoms with van der Waals surface area (Å²) in [5.74, 6) is -0.499. The molecule has 7 heteroatoms. The monoisotopic (exact) mass is 279 g/mol. The summed E-state index contributed by atoms with van der Waals surface area (Å²) < 4.78 is 6.26. The number of hydrogen-bond acceptors (Lipinski definition) is 6. The van der Waals surface area contributed by atoms with Crippen molar-refractivity contribution in [3.05, 3.63) is 44.8 Å². The molecule has 0 aromatic carbocycles. The molecular weight excluding hydrogens is 266 g/mol. The van der Waals surface area contributed by atoms with Crippen LogP contribution in [0.5, 0.6) is 0 Å². The van der Waals surface area contributed by atoms with Gasteiger partial charge in [0.1, 0.15) is 18.2 Å². The van der Waals surface area contributed by atoms with E-state index in [0.717, 1.165) is 10.7 Å². The van der Waals surface area contributed by atoms with Crippen molar-refractivity contribution in [2.24, 2.45) is 0 Å². The number of aryl methyl sites for hydroxylation is 1. The SMILES string of the molecule is Cc1csc(COC(=O)Cn2cc(N)ccc2=O)n1. The topological polar surface area (TPSA) is 87.2 Å². The first kappa shape index (κ1) is 13.3. The number of nitrogen functional groups attached to an aromatic ring is 1. The highest BCUT2D eigenvalue weighted by Gasteiger charge is 2.08. The van der Waals surface area contributed by atoms with Crippen LogP contribution in [0.1, 0.15) is 10.7 Å². The van der Waals surface area contributed by atoms with Crippen LogP contribution in [0.3, 0.4) is 0 Å². The number of thiazole rings is 1. The van der Waals surface area contributed by atoms with Crippen LogP contribution in [-0.4, -0.2) is 15.5 Å². The van der Waals surface area contributed by atoms with Crippen LogP contribution in [0.2, 0.25) is 0 Å². The van der Waals surface area contributed by atoms with Crippen molar-refractivity contribution < 1.29 is 9.53 Å². The van der Waals surface area contributed by atoms with Crippen molar-refractivity contribution in [2.75, 3.05) is 5.73 Å². The first-order chi connectivity index (χ1) is 9.04. The predicted octanol–water partition coefficient (Wildman–Crippen LogP) is 0.939. The first-order valence-corrected chi connectivity index (χ1v) is 6.45. The lowest BCUT2D eigenvalue weighted by atomic mass is 10.4. The molecule has 6 nitrogen and oxygen atoms in total. The highest BCUT2D eigenvalue weighted by molar-refractivity contribution is 7.09. The summed E-state index contributed by atoms with van der Waals surface area (Å²) in [4.78, 5) is 27.3. The van der Waals surface area contributed by atoms with Gasteiger partial charge >= 0.3 is 5.97 Å². The van der Waals surface area contributed by atoms with Crippen molar-refractivity contribution >= 4 is 23.0 Å². The van der Waals surface area contributed by atoms with E-state index in [1.807, 2.05) is 12.3 Å². The standard InChI is InChI=1S/C12H13N3O3S/c1-8-7-19-10(14-8)6-18-12(17)5-15-4-9(13)2-3-11(15)16/h2-4,7H,5-6,13H2,1H3. The second kappa shape index (κ2) is 5.66. The lowest BCUT2D eigenvalue weighted by molar-refractivity contribution is -0.145. The highest BCUT2D eigenvalue weighted by Crippen LogP contribution is 2.09. The Morgan fingerprint density at radius 1 is 1.53 bits per heavy atom. The number of esters is 1. The molecule has 0 radical (unpaired) electrons. The van der Waals surface area contributed by atoms with Gasteiger partial charge in [0, 0.05) is 29.0 Å². The fourth-order valence-electron chi connectivity index (χ4n) is 1.47. The third-order valence-corrected chi connectivity index (χ3v) is 3.27. The second-order valence-electron chi connectivity index (χ2n) is 3.97. The molecule has 2 heterocycles. The summed E-state index contributed by atoms with van der Waals surface area (Å²) in [5, 5.41) is 2.61. The maximum atomic E-state index is 11.6. The van der Waals surface area contributed by atoms with E-state index in [1.54, 1.807) is 0 Å². The molecule has 0 amide bonds. The van der Waals surface area contributed by atoms with Gasteiger partial charge in [0.25, 0.3) is 5.56 Å². The lowest BCUT2D eigenvalue weighted by Gasteiger charge is -2.06. The van der Waals surface area contributed by atoms with Gasteiger partial charge < -0.3 is 15.0 Å². The van der Waals surface area contributed by atoms with Crippen molar-refractivity contribution in [3.63, 3.8) is 0 Å². The number of hydrogen-bond donors (Lipinski definition) is 1. The zero-order valence-corrected chi connectivity index (χ0v) is 11.1. The van der Waals surface area contributed by atoms with Gasteiger partial charge in [-0.2, -0.15) is 0 Å². The molecule has 19 heavy (non-hydrogen) atoms. The average molecular weight is 279 g/mol. The van der Waals surface area contributed by atoms with Gasteiger partial charge in [-0.05, 0) is 13.0 Å². The molecule has 2 rings (SSSR count). The zero-order chi connectivity index (χ0) is 13.8. The molecule has 0 atom stereocenters. The largest absolute Gasteiger partial charge is 0.457 e.